The van der Waals surface area contributed by atoms with Gasteiger partial charge in [0, 0.05) is 25.6 Å². The lowest BCUT2D eigenvalue weighted by Crippen LogP contribution is -2.59. The summed E-state index contributed by atoms with van der Waals surface area (Å²) in [6, 6.07) is 14.1. The molecule has 1 atom stereocenters. The van der Waals surface area contributed by atoms with E-state index in [2.05, 4.69) is 15.2 Å². The summed E-state index contributed by atoms with van der Waals surface area (Å²) < 4.78 is 27.1. The highest BCUT2D eigenvalue weighted by atomic mass is 19.1. The van der Waals surface area contributed by atoms with Crippen LogP contribution < -0.4 is 16.8 Å². The van der Waals surface area contributed by atoms with Crippen molar-refractivity contribution >= 4 is 23.3 Å². The molecule has 8 nitrogen and oxygen atoms in total. The summed E-state index contributed by atoms with van der Waals surface area (Å²) in [5.41, 5.74) is 15.6. The van der Waals surface area contributed by atoms with E-state index in [1.165, 1.54) is 24.3 Å². The van der Waals surface area contributed by atoms with E-state index >= 15 is 0 Å². The zero-order chi connectivity index (χ0) is 29.5. The Kier molecular flexibility index (Phi) is 10.0. The lowest BCUT2D eigenvalue weighted by atomic mass is 9.87. The van der Waals surface area contributed by atoms with Gasteiger partial charge in [0.1, 0.15) is 23.5 Å². The molecule has 2 aromatic carbocycles. The molecule has 2 heterocycles. The molecule has 1 aliphatic rings. The molecule has 0 saturated carbocycles. The number of carbonyl (C=O) groups is 2. The van der Waals surface area contributed by atoms with Crippen molar-refractivity contribution in [2.75, 3.05) is 43.8 Å². The molecule has 0 bridgehead atoms. The van der Waals surface area contributed by atoms with Crippen LogP contribution in [0.1, 0.15) is 47.6 Å². The van der Waals surface area contributed by atoms with Crippen LogP contribution >= 0.6 is 0 Å². The van der Waals surface area contributed by atoms with Gasteiger partial charge in [-0.2, -0.15) is 0 Å². The fourth-order valence-corrected chi connectivity index (χ4v) is 5.57. The Balaban J connectivity index is 1.31. The molecule has 1 unspecified atom stereocenters. The minimum Gasteiger partial charge on any atom is -0.384 e. The molecule has 0 radical (unpaired) electrons. The number of hydrogen-bond donors (Lipinski definition) is 3. The number of nitrogens with two attached hydrogens (primary N) is 2. The predicted octanol–water partition coefficient (Wildman–Crippen LogP) is 3.97. The van der Waals surface area contributed by atoms with E-state index in [9.17, 15) is 18.4 Å². The quantitative estimate of drug-likeness (QED) is 0.304. The number of nitrogens with zero attached hydrogens (tertiary/aromatic N) is 3. The van der Waals surface area contributed by atoms with Crippen molar-refractivity contribution in [1.82, 2.24) is 14.8 Å². The number of pyridine rings is 1. The van der Waals surface area contributed by atoms with Gasteiger partial charge in [-0.05, 0) is 80.3 Å². The van der Waals surface area contributed by atoms with Crippen molar-refractivity contribution in [2.45, 2.75) is 45.1 Å². The highest BCUT2D eigenvalue weighted by Crippen LogP contribution is 2.30. The first kappa shape index (κ1) is 30.1. The minimum absolute atomic E-state index is 0.00188. The van der Waals surface area contributed by atoms with Crippen LogP contribution in [0.2, 0.25) is 0 Å². The molecule has 2 amide bonds. The van der Waals surface area contributed by atoms with Gasteiger partial charge in [0.15, 0.2) is 0 Å². The van der Waals surface area contributed by atoms with Crippen LogP contribution in [0, 0.1) is 25.5 Å². The molecule has 4 rings (SSSR count). The molecule has 41 heavy (non-hydrogen) atoms. The predicted molar refractivity (Wildman–Crippen MR) is 156 cm³/mol. The van der Waals surface area contributed by atoms with Crippen molar-refractivity contribution in [2.24, 2.45) is 5.73 Å². The smallest absolute Gasteiger partial charge is 0.238 e. The molecule has 0 aliphatic carbocycles. The monoisotopic (exact) mass is 564 g/mol. The number of unbranched alkanes of at least 4 members (excludes halogenated alkanes) is 1. The first-order valence-corrected chi connectivity index (χ1v) is 13.9. The number of aryl methyl sites for hydroxylation is 2. The zero-order valence-corrected chi connectivity index (χ0v) is 23.6. The Morgan fingerprint density at radius 3 is 2.17 bits per heavy atom. The molecule has 10 heteroatoms. The summed E-state index contributed by atoms with van der Waals surface area (Å²) in [5, 5.41) is 2.92. The fraction of sp³-hybridized carbons (Fsp3) is 0.387. The van der Waals surface area contributed by atoms with Gasteiger partial charge in [-0.3, -0.25) is 19.4 Å². The summed E-state index contributed by atoms with van der Waals surface area (Å²) in [4.78, 5) is 33.4. The van der Waals surface area contributed by atoms with E-state index in [0.717, 1.165) is 36.0 Å². The van der Waals surface area contributed by atoms with E-state index < -0.39 is 11.9 Å². The molecule has 1 fully saturated rings. The van der Waals surface area contributed by atoms with Gasteiger partial charge < -0.3 is 16.8 Å². The van der Waals surface area contributed by atoms with Crippen LogP contribution in [-0.2, 0) is 9.59 Å². The number of aromatic nitrogens is 1. The molecule has 218 valence electrons. The second-order valence-electron chi connectivity index (χ2n) is 10.7. The molecule has 1 aliphatic heterocycles. The van der Waals surface area contributed by atoms with Crippen molar-refractivity contribution in [3.8, 4) is 0 Å². The number of hydrogen-bond acceptors (Lipinski definition) is 6. The van der Waals surface area contributed by atoms with Crippen LogP contribution in [0.25, 0.3) is 0 Å². The third-order valence-electron chi connectivity index (χ3n) is 7.69. The number of rotatable bonds is 11. The van der Waals surface area contributed by atoms with Gasteiger partial charge in [-0.1, -0.05) is 30.7 Å². The summed E-state index contributed by atoms with van der Waals surface area (Å²) in [5.74, 6) is -0.796. The summed E-state index contributed by atoms with van der Waals surface area (Å²) >= 11 is 0. The Morgan fingerprint density at radius 1 is 1.00 bits per heavy atom. The van der Waals surface area contributed by atoms with E-state index in [1.807, 2.05) is 11.8 Å². The van der Waals surface area contributed by atoms with E-state index in [0.29, 0.717) is 43.4 Å². The van der Waals surface area contributed by atoms with Crippen LogP contribution in [-0.4, -0.2) is 65.4 Å². The van der Waals surface area contributed by atoms with E-state index in [-0.39, 0.29) is 30.0 Å². The number of nitrogen functional groups attached to an aromatic ring is 1. The van der Waals surface area contributed by atoms with Crippen molar-refractivity contribution in [3.63, 3.8) is 0 Å². The number of benzene rings is 2. The van der Waals surface area contributed by atoms with Gasteiger partial charge in [0.05, 0.1) is 17.9 Å². The van der Waals surface area contributed by atoms with Gasteiger partial charge in [-0.15, -0.1) is 0 Å². The molecule has 1 aromatic heterocycles. The number of piperazine rings is 1. The molecule has 3 aromatic rings. The average molecular weight is 565 g/mol. The van der Waals surface area contributed by atoms with Crippen molar-refractivity contribution < 1.29 is 18.4 Å². The topological polar surface area (TPSA) is 118 Å². The van der Waals surface area contributed by atoms with Crippen molar-refractivity contribution in [1.29, 1.82) is 0 Å². The maximum atomic E-state index is 13.5. The fourth-order valence-electron chi connectivity index (χ4n) is 5.57. The summed E-state index contributed by atoms with van der Waals surface area (Å²) in [6.45, 7) is 6.09. The largest absolute Gasteiger partial charge is 0.384 e. The van der Waals surface area contributed by atoms with Crippen LogP contribution in [0.5, 0.6) is 0 Å². The highest BCUT2D eigenvalue weighted by Gasteiger charge is 2.31. The lowest BCUT2D eigenvalue weighted by Gasteiger charge is -2.39. The van der Waals surface area contributed by atoms with Crippen LogP contribution in [0.15, 0.2) is 54.6 Å². The number of nitrogens with one attached hydrogen (secondary N) is 1. The Morgan fingerprint density at radius 2 is 1.61 bits per heavy atom. The molecular formula is C31H38F2N6O2. The Labute approximate surface area is 239 Å². The lowest BCUT2D eigenvalue weighted by molar-refractivity contribution is -0.127. The second kappa shape index (κ2) is 13.6. The number of carbonyl (C=O) groups excluding carboxylic acids is 2. The third kappa shape index (κ3) is 8.08. The number of amides is 2. The van der Waals surface area contributed by atoms with Crippen LogP contribution in [0.3, 0.4) is 0 Å². The zero-order valence-electron chi connectivity index (χ0n) is 23.6. The van der Waals surface area contributed by atoms with E-state index in [1.54, 1.807) is 37.3 Å². The molecule has 5 N–H and O–H groups in total. The number of anilines is 2. The summed E-state index contributed by atoms with van der Waals surface area (Å²) in [6.07, 6.45) is 2.46. The average Bonchev–Trinajstić information content (AvgIpc) is 2.92. The normalized spacial score (nSPS) is 16.2. The van der Waals surface area contributed by atoms with Gasteiger partial charge in [0.2, 0.25) is 11.8 Å². The summed E-state index contributed by atoms with van der Waals surface area (Å²) in [7, 11) is 0. The van der Waals surface area contributed by atoms with Gasteiger partial charge in [0.25, 0.3) is 0 Å². The highest BCUT2D eigenvalue weighted by molar-refractivity contribution is 5.93. The van der Waals surface area contributed by atoms with E-state index in [4.69, 9.17) is 11.5 Å². The standard InChI is InChI=1S/C31H38F2N6O2/c1-20-17-28(34)36-21(2)30(20)37-29(40)19-38-15-16-39(27(18-38)31(35)41)14-4-3-5-26(22-6-10-24(32)11-7-22)23-8-12-25(33)13-9-23/h6-13,17,26-27H,3-5,14-16,18-19H2,1-2H3,(H2,34,36)(H2,35,41)(H,37,40). The maximum Gasteiger partial charge on any atom is 0.238 e. The Hall–Kier alpha value is -3.89. The SMILES string of the molecule is Cc1cc(N)nc(C)c1NC(=O)CN1CCN(CCCCC(c2ccc(F)cc2)c2ccc(F)cc2)C(C(N)=O)C1. The van der Waals surface area contributed by atoms with Gasteiger partial charge >= 0.3 is 0 Å². The number of halogens is 2. The minimum atomic E-state index is -0.497. The Bertz CT molecular complexity index is 1280. The molecular weight excluding hydrogens is 526 g/mol. The maximum absolute atomic E-state index is 13.5. The van der Waals surface area contributed by atoms with Crippen LogP contribution in [0.4, 0.5) is 20.3 Å². The van der Waals surface area contributed by atoms with Gasteiger partial charge in [-0.25, -0.2) is 13.8 Å². The first-order chi connectivity index (χ1) is 19.6. The molecule has 1 saturated heterocycles. The second-order valence-corrected chi connectivity index (χ2v) is 10.7. The third-order valence-corrected chi connectivity index (χ3v) is 7.69. The number of primary amides is 1. The van der Waals surface area contributed by atoms with Crippen molar-refractivity contribution in [3.05, 3.63) is 88.6 Å². The first-order valence-electron chi connectivity index (χ1n) is 13.9. The molecule has 0 spiro atoms.